The molecule has 0 amide bonds. The summed E-state index contributed by atoms with van der Waals surface area (Å²) < 4.78 is 0. The Morgan fingerprint density at radius 2 is 0.386 bits per heavy atom. The van der Waals surface area contributed by atoms with Gasteiger partial charge in [0.05, 0.1) is 0 Å². The van der Waals surface area contributed by atoms with Crippen molar-refractivity contribution in [1.29, 1.82) is 0 Å². The zero-order valence-electron chi connectivity index (χ0n) is 33.0. The van der Waals surface area contributed by atoms with Crippen molar-refractivity contribution in [1.82, 2.24) is 0 Å². The molecular formula is C57H48. The van der Waals surface area contributed by atoms with Gasteiger partial charge < -0.3 is 0 Å². The molecule has 0 heterocycles. The SMILES string of the molecule is c1cc2ccc1CCc1ccc(c3c1Cc1c-3c3c(c4c1-c1c5ccc(c1C4)CCc1ccc(cc1)CC5)-c1c4ccc(c1C3)CCc1ccc(cc1)CC4)CC2. The van der Waals surface area contributed by atoms with Crippen LogP contribution in [0.3, 0.4) is 0 Å². The average molecular weight is 733 g/mol. The molecule has 0 saturated carbocycles. The van der Waals surface area contributed by atoms with E-state index in [1.165, 1.54) is 33.4 Å². The number of fused-ring (bicyclic) bond motifs is 6. The molecule has 0 fully saturated rings. The normalized spacial score (nSPS) is 16.4. The highest BCUT2D eigenvalue weighted by molar-refractivity contribution is 6.03. The lowest BCUT2D eigenvalue weighted by atomic mass is 9.82. The van der Waals surface area contributed by atoms with Crippen molar-refractivity contribution >= 4 is 0 Å². The first-order chi connectivity index (χ1) is 28.2. The minimum absolute atomic E-state index is 1.08. The summed E-state index contributed by atoms with van der Waals surface area (Å²) in [5.41, 5.74) is 38.0. The fourth-order valence-corrected chi connectivity index (χ4v) is 12.3. The van der Waals surface area contributed by atoms with Crippen LogP contribution in [0, 0.1) is 0 Å². The van der Waals surface area contributed by atoms with Crippen LogP contribution in [0.25, 0.3) is 33.4 Å². The van der Waals surface area contributed by atoms with Crippen LogP contribution in [0.5, 0.6) is 0 Å². The summed E-state index contributed by atoms with van der Waals surface area (Å²) in [6.07, 6.45) is 16.5. The van der Waals surface area contributed by atoms with Crippen LogP contribution in [0.1, 0.15) is 100 Å². The van der Waals surface area contributed by atoms with E-state index >= 15 is 0 Å². The Balaban J connectivity index is 1.08. The van der Waals surface area contributed by atoms with Gasteiger partial charge in [-0.15, -0.1) is 0 Å². The minimum Gasteiger partial charge on any atom is -0.0588 e. The molecule has 57 heavy (non-hydrogen) atoms. The van der Waals surface area contributed by atoms with Gasteiger partial charge in [-0.05, 0) is 230 Å². The number of aryl methyl sites for hydroxylation is 12. The quantitative estimate of drug-likeness (QED) is 0.146. The Kier molecular flexibility index (Phi) is 7.16. The van der Waals surface area contributed by atoms with Gasteiger partial charge in [-0.25, -0.2) is 0 Å². The van der Waals surface area contributed by atoms with E-state index in [0.29, 0.717) is 0 Å². The first-order valence-corrected chi connectivity index (χ1v) is 22.1. The third kappa shape index (κ3) is 5.05. The molecule has 15 aliphatic rings. The fourth-order valence-electron chi connectivity index (χ4n) is 12.3. The lowest BCUT2D eigenvalue weighted by molar-refractivity contribution is 0.911. The van der Waals surface area contributed by atoms with E-state index in [2.05, 4.69) is 109 Å². The Hall–Kier alpha value is -5.46. The third-order valence-corrected chi connectivity index (χ3v) is 15.3. The van der Waals surface area contributed by atoms with E-state index in [0.717, 1.165) is 96.3 Å². The summed E-state index contributed by atoms with van der Waals surface area (Å²) in [5.74, 6) is 0. The molecule has 22 rings (SSSR count). The zero-order chi connectivity index (χ0) is 37.2. The van der Waals surface area contributed by atoms with Crippen LogP contribution in [0.15, 0.2) is 109 Å². The van der Waals surface area contributed by atoms with Crippen LogP contribution in [0.2, 0.25) is 0 Å². The molecule has 7 aromatic carbocycles. The Bertz CT molecular complexity index is 2490. The Morgan fingerprint density at radius 1 is 0.175 bits per heavy atom. The summed E-state index contributed by atoms with van der Waals surface area (Å²) in [5, 5.41) is 0. The highest BCUT2D eigenvalue weighted by Gasteiger charge is 2.41. The van der Waals surface area contributed by atoms with E-state index < -0.39 is 0 Å². The first kappa shape index (κ1) is 32.6. The standard InChI is InChI=1S/C57H48/c1-7-37-8-2-34(1)13-19-40-25-28-43(22-16-37)52-46(40)31-49-55(52)50-32-47-41-20-14-35-5-11-39(12-6-35)18-24-45(30-27-41)54(47)57(50)51-33-48-42-21-15-36-3-9-38(10-4-36)17-23-44(29-26-42)53(48)56(49)51/h1-12,25-30H,13-24,31-33H2. The van der Waals surface area contributed by atoms with Crippen molar-refractivity contribution in [3.05, 3.63) is 209 Å². The van der Waals surface area contributed by atoms with Crippen molar-refractivity contribution in [2.24, 2.45) is 0 Å². The molecule has 0 N–H and O–H groups in total. The summed E-state index contributed by atoms with van der Waals surface area (Å²) in [4.78, 5) is 0. The number of benzene rings is 7. The highest BCUT2D eigenvalue weighted by atomic mass is 14.4. The van der Waals surface area contributed by atoms with E-state index in [-0.39, 0.29) is 0 Å². The van der Waals surface area contributed by atoms with Gasteiger partial charge in [0.2, 0.25) is 0 Å². The van der Waals surface area contributed by atoms with Crippen molar-refractivity contribution in [3.63, 3.8) is 0 Å². The summed E-state index contributed by atoms with van der Waals surface area (Å²) >= 11 is 0. The van der Waals surface area contributed by atoms with Gasteiger partial charge in [0.15, 0.2) is 0 Å². The van der Waals surface area contributed by atoms with E-state index in [1.807, 2.05) is 0 Å². The molecule has 0 atom stereocenters. The van der Waals surface area contributed by atoms with Gasteiger partial charge in [-0.1, -0.05) is 109 Å². The maximum Gasteiger partial charge on any atom is -0.000422 e. The second kappa shape index (κ2) is 12.5. The van der Waals surface area contributed by atoms with Crippen molar-refractivity contribution in [2.75, 3.05) is 0 Å². The molecule has 0 nitrogen and oxygen atoms in total. The van der Waals surface area contributed by atoms with Gasteiger partial charge >= 0.3 is 0 Å². The lowest BCUT2D eigenvalue weighted by Gasteiger charge is -2.21. The molecule has 0 unspecified atom stereocenters. The number of hydrogen-bond donors (Lipinski definition) is 0. The van der Waals surface area contributed by atoms with Crippen molar-refractivity contribution in [3.8, 4) is 33.4 Å². The van der Waals surface area contributed by atoms with Crippen molar-refractivity contribution in [2.45, 2.75) is 96.3 Å². The molecule has 0 heteroatoms. The maximum absolute atomic E-state index is 2.55. The topological polar surface area (TPSA) is 0 Å². The molecule has 0 aromatic heterocycles. The van der Waals surface area contributed by atoms with Gasteiger partial charge in [-0.3, -0.25) is 0 Å². The van der Waals surface area contributed by atoms with Gasteiger partial charge in [0.1, 0.15) is 0 Å². The smallest absolute Gasteiger partial charge is 0.000422 e. The van der Waals surface area contributed by atoms with Crippen LogP contribution < -0.4 is 0 Å². The Morgan fingerprint density at radius 3 is 0.632 bits per heavy atom. The molecular weight excluding hydrogens is 685 g/mol. The molecule has 7 aromatic rings. The molecule has 0 aliphatic heterocycles. The molecule has 0 saturated heterocycles. The van der Waals surface area contributed by atoms with E-state index in [1.54, 1.807) is 100 Å². The monoisotopic (exact) mass is 732 g/mol. The van der Waals surface area contributed by atoms with Crippen LogP contribution in [-0.4, -0.2) is 0 Å². The van der Waals surface area contributed by atoms with E-state index in [9.17, 15) is 0 Å². The summed E-state index contributed by atoms with van der Waals surface area (Å²) in [6.45, 7) is 0. The maximum atomic E-state index is 2.55. The first-order valence-electron chi connectivity index (χ1n) is 22.1. The summed E-state index contributed by atoms with van der Waals surface area (Å²) in [7, 11) is 0. The second-order valence-corrected chi connectivity index (χ2v) is 18.3. The predicted molar refractivity (Wildman–Crippen MR) is 235 cm³/mol. The molecule has 276 valence electrons. The molecule has 12 bridgehead atoms. The highest BCUT2D eigenvalue weighted by Crippen LogP contribution is 2.59. The number of rotatable bonds is 0. The largest absolute Gasteiger partial charge is 0.0588 e. The lowest BCUT2D eigenvalue weighted by Crippen LogP contribution is -2.03. The van der Waals surface area contributed by atoms with Crippen LogP contribution in [-0.2, 0) is 96.3 Å². The molecule has 0 radical (unpaired) electrons. The summed E-state index contributed by atoms with van der Waals surface area (Å²) in [6, 6.07) is 44.0. The van der Waals surface area contributed by atoms with E-state index in [4.69, 9.17) is 0 Å². The van der Waals surface area contributed by atoms with Gasteiger partial charge in [-0.2, -0.15) is 0 Å². The van der Waals surface area contributed by atoms with Gasteiger partial charge in [0.25, 0.3) is 0 Å². The molecule has 0 spiro atoms. The minimum atomic E-state index is 1.08. The van der Waals surface area contributed by atoms with Crippen molar-refractivity contribution < 1.29 is 0 Å². The third-order valence-electron chi connectivity index (χ3n) is 15.3. The predicted octanol–water partition coefficient (Wildman–Crippen LogP) is 12.1. The van der Waals surface area contributed by atoms with Crippen LogP contribution in [0.4, 0.5) is 0 Å². The fraction of sp³-hybridized carbons (Fsp3) is 0.263. The zero-order valence-corrected chi connectivity index (χ0v) is 33.0. The van der Waals surface area contributed by atoms with Gasteiger partial charge in [0, 0.05) is 0 Å². The molecule has 15 aliphatic carbocycles. The average Bonchev–Trinajstić information content (AvgIpc) is 3.94. The second-order valence-electron chi connectivity index (χ2n) is 18.3. The number of hydrogen-bond acceptors (Lipinski definition) is 0. The Labute approximate surface area is 337 Å². The van der Waals surface area contributed by atoms with Crippen LogP contribution >= 0.6 is 0 Å².